The van der Waals surface area contributed by atoms with Gasteiger partial charge in [-0.3, -0.25) is 0 Å². The van der Waals surface area contributed by atoms with Crippen molar-refractivity contribution in [3.63, 3.8) is 0 Å². The van der Waals surface area contributed by atoms with E-state index >= 15 is 0 Å². The first-order valence-electron chi connectivity index (χ1n) is 6.37. The van der Waals surface area contributed by atoms with Gasteiger partial charge in [-0.15, -0.1) is 11.3 Å². The van der Waals surface area contributed by atoms with Crippen molar-refractivity contribution in [2.75, 3.05) is 0 Å². The molecule has 16 heavy (non-hydrogen) atoms. The molecule has 2 rings (SSSR count). The summed E-state index contributed by atoms with van der Waals surface area (Å²) < 4.78 is 0. The molecule has 1 N–H and O–H groups in total. The number of thiophene rings is 1. The minimum absolute atomic E-state index is 0.477. The summed E-state index contributed by atoms with van der Waals surface area (Å²) in [5.74, 6) is 0. The monoisotopic (exact) mass is 237 g/mol. The van der Waals surface area contributed by atoms with E-state index in [0.717, 1.165) is 6.54 Å². The Hall–Kier alpha value is -0.340. The van der Waals surface area contributed by atoms with Gasteiger partial charge in [-0.2, -0.15) is 0 Å². The molecule has 1 aromatic rings. The molecule has 0 aliphatic heterocycles. The predicted molar refractivity (Wildman–Crippen MR) is 71.9 cm³/mol. The smallest absolute Gasteiger partial charge is 0.0302 e. The van der Waals surface area contributed by atoms with Crippen molar-refractivity contribution in [1.29, 1.82) is 0 Å². The highest BCUT2D eigenvalue weighted by Crippen LogP contribution is 2.35. The molecule has 0 saturated heterocycles. The highest BCUT2D eigenvalue weighted by atomic mass is 32.1. The number of hydrogen-bond donors (Lipinski definition) is 1. The quantitative estimate of drug-likeness (QED) is 0.834. The molecule has 1 nitrogen and oxygen atoms in total. The summed E-state index contributed by atoms with van der Waals surface area (Å²) in [6.45, 7) is 8.04. The molecule has 1 aliphatic carbocycles. The fraction of sp³-hybridized carbons (Fsp3) is 0.714. The second kappa shape index (κ2) is 4.89. The molecule has 1 fully saturated rings. The van der Waals surface area contributed by atoms with E-state index in [2.05, 4.69) is 38.2 Å². The summed E-state index contributed by atoms with van der Waals surface area (Å²) in [5.41, 5.74) is 0.477. The Balaban J connectivity index is 1.89. The van der Waals surface area contributed by atoms with Gasteiger partial charge in [0.1, 0.15) is 0 Å². The van der Waals surface area contributed by atoms with Crippen LogP contribution in [-0.2, 0) is 6.54 Å². The van der Waals surface area contributed by atoms with Crippen LogP contribution in [0.4, 0.5) is 0 Å². The highest BCUT2D eigenvalue weighted by molar-refractivity contribution is 7.11. The fourth-order valence-corrected chi connectivity index (χ4v) is 3.52. The molecule has 0 bridgehead atoms. The zero-order chi connectivity index (χ0) is 11.6. The molecule has 1 saturated carbocycles. The standard InChI is InChI=1S/C14H23NS/c1-11-7-8-12(16-11)10-15-13-6-4-5-9-14(13,2)3/h7-8,13,15H,4-6,9-10H2,1-3H3. The fourth-order valence-electron chi connectivity index (χ4n) is 2.68. The van der Waals surface area contributed by atoms with Gasteiger partial charge in [0, 0.05) is 22.3 Å². The minimum atomic E-state index is 0.477. The second-order valence-electron chi connectivity index (χ2n) is 5.68. The van der Waals surface area contributed by atoms with Crippen molar-refractivity contribution in [2.45, 2.75) is 59.0 Å². The van der Waals surface area contributed by atoms with E-state index < -0.39 is 0 Å². The first-order chi connectivity index (χ1) is 7.58. The summed E-state index contributed by atoms with van der Waals surface area (Å²) in [5, 5.41) is 3.75. The van der Waals surface area contributed by atoms with Crippen molar-refractivity contribution in [3.8, 4) is 0 Å². The SMILES string of the molecule is Cc1ccc(CNC2CCCCC2(C)C)s1. The summed E-state index contributed by atoms with van der Waals surface area (Å²) in [4.78, 5) is 2.89. The first-order valence-corrected chi connectivity index (χ1v) is 7.18. The van der Waals surface area contributed by atoms with Gasteiger partial charge < -0.3 is 5.32 Å². The molecule has 1 heterocycles. The summed E-state index contributed by atoms with van der Waals surface area (Å²) >= 11 is 1.91. The van der Waals surface area contributed by atoms with Crippen molar-refractivity contribution in [1.82, 2.24) is 5.32 Å². The van der Waals surface area contributed by atoms with Gasteiger partial charge in [-0.25, -0.2) is 0 Å². The Bertz CT molecular complexity index is 340. The van der Waals surface area contributed by atoms with E-state index in [1.165, 1.54) is 35.4 Å². The Morgan fingerprint density at radius 1 is 1.38 bits per heavy atom. The minimum Gasteiger partial charge on any atom is -0.309 e. The van der Waals surface area contributed by atoms with Crippen LogP contribution < -0.4 is 5.32 Å². The van der Waals surface area contributed by atoms with E-state index in [4.69, 9.17) is 0 Å². The Morgan fingerprint density at radius 3 is 2.81 bits per heavy atom. The molecule has 0 amide bonds. The van der Waals surface area contributed by atoms with Gasteiger partial charge in [0.15, 0.2) is 0 Å². The Labute approximate surface area is 103 Å². The molecular formula is C14H23NS. The van der Waals surface area contributed by atoms with Crippen molar-refractivity contribution >= 4 is 11.3 Å². The number of rotatable bonds is 3. The van der Waals surface area contributed by atoms with E-state index in [0.29, 0.717) is 11.5 Å². The number of aryl methyl sites for hydroxylation is 1. The van der Waals surface area contributed by atoms with Crippen LogP contribution in [-0.4, -0.2) is 6.04 Å². The number of nitrogens with one attached hydrogen (secondary N) is 1. The Morgan fingerprint density at radius 2 is 2.19 bits per heavy atom. The maximum absolute atomic E-state index is 3.75. The summed E-state index contributed by atoms with van der Waals surface area (Å²) in [6, 6.07) is 5.17. The van der Waals surface area contributed by atoms with Gasteiger partial charge in [-0.05, 0) is 37.3 Å². The van der Waals surface area contributed by atoms with Crippen LogP contribution in [0.3, 0.4) is 0 Å². The van der Waals surface area contributed by atoms with Crippen molar-refractivity contribution in [3.05, 3.63) is 21.9 Å². The number of hydrogen-bond acceptors (Lipinski definition) is 2. The molecule has 1 aliphatic rings. The lowest BCUT2D eigenvalue weighted by atomic mass is 9.73. The highest BCUT2D eigenvalue weighted by Gasteiger charge is 2.31. The van der Waals surface area contributed by atoms with E-state index in [-0.39, 0.29) is 0 Å². The van der Waals surface area contributed by atoms with Gasteiger partial charge in [0.25, 0.3) is 0 Å². The summed E-state index contributed by atoms with van der Waals surface area (Å²) in [7, 11) is 0. The topological polar surface area (TPSA) is 12.0 Å². The molecule has 1 aromatic heterocycles. The molecule has 0 radical (unpaired) electrons. The average Bonchev–Trinajstić information content (AvgIpc) is 2.62. The lowest BCUT2D eigenvalue weighted by molar-refractivity contribution is 0.167. The van der Waals surface area contributed by atoms with Crippen LogP contribution in [0.2, 0.25) is 0 Å². The van der Waals surface area contributed by atoms with Crippen LogP contribution in [0.15, 0.2) is 12.1 Å². The molecule has 0 spiro atoms. The largest absolute Gasteiger partial charge is 0.309 e. The van der Waals surface area contributed by atoms with Gasteiger partial charge in [-0.1, -0.05) is 26.7 Å². The third-order valence-corrected chi connectivity index (χ3v) is 4.83. The third kappa shape index (κ3) is 2.86. The molecule has 1 unspecified atom stereocenters. The van der Waals surface area contributed by atoms with Crippen LogP contribution in [0, 0.1) is 12.3 Å². The first kappa shape index (κ1) is 12.1. The van der Waals surface area contributed by atoms with Crippen LogP contribution in [0.5, 0.6) is 0 Å². The lowest BCUT2D eigenvalue weighted by Crippen LogP contribution is -2.43. The summed E-state index contributed by atoms with van der Waals surface area (Å²) in [6.07, 6.45) is 5.51. The van der Waals surface area contributed by atoms with Crippen molar-refractivity contribution in [2.24, 2.45) is 5.41 Å². The van der Waals surface area contributed by atoms with Gasteiger partial charge in [0.05, 0.1) is 0 Å². The zero-order valence-corrected chi connectivity index (χ0v) is 11.5. The second-order valence-corrected chi connectivity index (χ2v) is 7.05. The normalized spacial score (nSPS) is 24.6. The Kier molecular flexibility index (Phi) is 3.70. The maximum Gasteiger partial charge on any atom is 0.0302 e. The van der Waals surface area contributed by atoms with E-state index in [9.17, 15) is 0 Å². The van der Waals surface area contributed by atoms with Gasteiger partial charge >= 0.3 is 0 Å². The molecule has 90 valence electrons. The van der Waals surface area contributed by atoms with Crippen LogP contribution >= 0.6 is 11.3 Å². The van der Waals surface area contributed by atoms with Crippen molar-refractivity contribution < 1.29 is 0 Å². The average molecular weight is 237 g/mol. The zero-order valence-electron chi connectivity index (χ0n) is 10.7. The molecular weight excluding hydrogens is 214 g/mol. The maximum atomic E-state index is 3.75. The predicted octanol–water partition coefficient (Wildman–Crippen LogP) is 4.11. The van der Waals surface area contributed by atoms with E-state index in [1.54, 1.807) is 0 Å². The molecule has 2 heteroatoms. The van der Waals surface area contributed by atoms with Gasteiger partial charge in [0.2, 0.25) is 0 Å². The molecule has 0 aromatic carbocycles. The van der Waals surface area contributed by atoms with E-state index in [1.807, 2.05) is 11.3 Å². The lowest BCUT2D eigenvalue weighted by Gasteiger charge is -2.39. The van der Waals surface area contributed by atoms with Crippen LogP contribution in [0.1, 0.15) is 49.3 Å². The third-order valence-electron chi connectivity index (χ3n) is 3.83. The molecule has 1 atom stereocenters. The van der Waals surface area contributed by atoms with Crippen LogP contribution in [0.25, 0.3) is 0 Å².